The number of hydrogen-bond donors (Lipinski definition) is 0. The van der Waals surface area contributed by atoms with E-state index in [1.54, 1.807) is 18.2 Å². The van der Waals surface area contributed by atoms with Crippen molar-refractivity contribution < 1.29 is 14.1 Å². The molecule has 0 N–H and O–H groups in total. The zero-order valence-electron chi connectivity index (χ0n) is 8.74. The van der Waals surface area contributed by atoms with Gasteiger partial charge in [0.15, 0.2) is 11.5 Å². The summed E-state index contributed by atoms with van der Waals surface area (Å²) < 4.78 is 9.54. The number of carbonyl (C=O) groups is 1. The normalized spacial score (nSPS) is 10.3. The molecule has 0 atom stereocenters. The molecule has 0 saturated carbocycles. The van der Waals surface area contributed by atoms with Crippen LogP contribution in [0.4, 0.5) is 0 Å². The van der Waals surface area contributed by atoms with Gasteiger partial charge in [0.25, 0.3) is 0 Å². The minimum absolute atomic E-state index is 0.0912. The predicted molar refractivity (Wildman–Crippen MR) is 63.3 cm³/mol. The van der Waals surface area contributed by atoms with Gasteiger partial charge in [0, 0.05) is 16.7 Å². The lowest BCUT2D eigenvalue weighted by Crippen LogP contribution is -2.00. The molecule has 0 amide bonds. The first-order chi connectivity index (χ1) is 8.11. The Morgan fingerprint density at radius 3 is 2.76 bits per heavy atom. The molecule has 4 nitrogen and oxygen atoms in total. The van der Waals surface area contributed by atoms with E-state index in [0.717, 1.165) is 0 Å². The van der Waals surface area contributed by atoms with E-state index in [-0.39, 0.29) is 5.69 Å². The number of aromatic nitrogens is 1. The standard InChI is InChI=1S/C11H7Cl2NO3/c1-16-11(15)9-5-10(17-14-9)7-3-2-6(12)4-8(7)13/h2-5H,1H3. The molecule has 0 bridgehead atoms. The Morgan fingerprint density at radius 2 is 2.12 bits per heavy atom. The first-order valence-electron chi connectivity index (χ1n) is 4.62. The molecule has 0 radical (unpaired) electrons. The monoisotopic (exact) mass is 271 g/mol. The molecule has 0 fully saturated rings. The number of methoxy groups -OCH3 is 1. The van der Waals surface area contributed by atoms with Gasteiger partial charge in [0.1, 0.15) is 0 Å². The Bertz CT molecular complexity index is 566. The van der Waals surface area contributed by atoms with Crippen molar-refractivity contribution in [2.24, 2.45) is 0 Å². The van der Waals surface area contributed by atoms with Crippen LogP contribution >= 0.6 is 23.2 Å². The van der Waals surface area contributed by atoms with Gasteiger partial charge in [-0.25, -0.2) is 4.79 Å². The highest BCUT2D eigenvalue weighted by molar-refractivity contribution is 6.36. The number of rotatable bonds is 2. The van der Waals surface area contributed by atoms with E-state index in [1.165, 1.54) is 13.2 Å². The van der Waals surface area contributed by atoms with Crippen molar-refractivity contribution in [3.8, 4) is 11.3 Å². The molecule has 0 saturated heterocycles. The third-order valence-corrected chi connectivity index (χ3v) is 2.65. The van der Waals surface area contributed by atoms with Gasteiger partial charge in [-0.15, -0.1) is 0 Å². The molecule has 0 unspecified atom stereocenters. The molecule has 1 aromatic heterocycles. The summed E-state index contributed by atoms with van der Waals surface area (Å²) in [6.07, 6.45) is 0. The molecule has 1 heterocycles. The van der Waals surface area contributed by atoms with E-state index in [0.29, 0.717) is 21.4 Å². The van der Waals surface area contributed by atoms with Crippen LogP contribution in [0.3, 0.4) is 0 Å². The van der Waals surface area contributed by atoms with Crippen molar-refractivity contribution in [3.05, 3.63) is 40.0 Å². The third-order valence-electron chi connectivity index (χ3n) is 2.10. The summed E-state index contributed by atoms with van der Waals surface area (Å²) in [6, 6.07) is 6.40. The quantitative estimate of drug-likeness (QED) is 0.786. The maximum Gasteiger partial charge on any atom is 0.360 e. The van der Waals surface area contributed by atoms with E-state index in [2.05, 4.69) is 9.89 Å². The Kier molecular flexibility index (Phi) is 3.36. The molecule has 17 heavy (non-hydrogen) atoms. The number of nitrogens with zero attached hydrogens (tertiary/aromatic N) is 1. The minimum Gasteiger partial charge on any atom is -0.464 e. The molecule has 2 rings (SSSR count). The first-order valence-corrected chi connectivity index (χ1v) is 5.38. The molecule has 6 heteroatoms. The lowest BCUT2D eigenvalue weighted by Gasteiger charge is -1.99. The van der Waals surface area contributed by atoms with E-state index in [1.807, 2.05) is 0 Å². The Balaban J connectivity index is 2.40. The van der Waals surface area contributed by atoms with Gasteiger partial charge in [-0.05, 0) is 18.2 Å². The van der Waals surface area contributed by atoms with Crippen molar-refractivity contribution in [2.45, 2.75) is 0 Å². The molecule has 0 spiro atoms. The molecule has 1 aromatic carbocycles. The molecular formula is C11H7Cl2NO3. The molecule has 0 aliphatic rings. The molecular weight excluding hydrogens is 265 g/mol. The van der Waals surface area contributed by atoms with E-state index in [4.69, 9.17) is 27.7 Å². The minimum atomic E-state index is -0.565. The number of halogens is 2. The predicted octanol–water partition coefficient (Wildman–Crippen LogP) is 3.44. The summed E-state index contributed by atoms with van der Waals surface area (Å²) in [5, 5.41) is 4.53. The SMILES string of the molecule is COC(=O)c1cc(-c2ccc(Cl)cc2Cl)on1. The van der Waals surface area contributed by atoms with Crippen molar-refractivity contribution in [1.82, 2.24) is 5.16 Å². The van der Waals surface area contributed by atoms with Gasteiger partial charge in [-0.3, -0.25) is 0 Å². The van der Waals surface area contributed by atoms with Crippen LogP contribution in [0.5, 0.6) is 0 Å². The average Bonchev–Trinajstić information content (AvgIpc) is 2.77. The fraction of sp³-hybridized carbons (Fsp3) is 0.0909. The van der Waals surface area contributed by atoms with Crippen LogP contribution in [-0.4, -0.2) is 18.2 Å². The van der Waals surface area contributed by atoms with Crippen LogP contribution in [0.15, 0.2) is 28.8 Å². The second-order valence-corrected chi connectivity index (χ2v) is 4.04. The van der Waals surface area contributed by atoms with Crippen LogP contribution in [0, 0.1) is 0 Å². The summed E-state index contributed by atoms with van der Waals surface area (Å²) in [5.41, 5.74) is 0.701. The highest BCUT2D eigenvalue weighted by Crippen LogP contribution is 2.30. The van der Waals surface area contributed by atoms with Crippen LogP contribution in [-0.2, 0) is 4.74 Å². The Hall–Kier alpha value is -1.52. The lowest BCUT2D eigenvalue weighted by atomic mass is 10.1. The zero-order chi connectivity index (χ0) is 12.4. The smallest absolute Gasteiger partial charge is 0.360 e. The summed E-state index contributed by atoms with van der Waals surface area (Å²) in [5.74, 6) is -0.183. The summed E-state index contributed by atoms with van der Waals surface area (Å²) >= 11 is 11.8. The molecule has 88 valence electrons. The van der Waals surface area contributed by atoms with Gasteiger partial charge >= 0.3 is 5.97 Å². The van der Waals surface area contributed by atoms with Gasteiger partial charge in [-0.1, -0.05) is 28.4 Å². The first kappa shape index (κ1) is 12.0. The summed E-state index contributed by atoms with van der Waals surface area (Å²) in [4.78, 5) is 11.2. The summed E-state index contributed by atoms with van der Waals surface area (Å²) in [6.45, 7) is 0. The van der Waals surface area contributed by atoms with Gasteiger partial charge < -0.3 is 9.26 Å². The number of hydrogen-bond acceptors (Lipinski definition) is 4. The second-order valence-electron chi connectivity index (χ2n) is 3.19. The van der Waals surface area contributed by atoms with Crippen LogP contribution in [0.2, 0.25) is 10.0 Å². The van der Waals surface area contributed by atoms with E-state index >= 15 is 0 Å². The van der Waals surface area contributed by atoms with Crippen molar-refractivity contribution >= 4 is 29.2 Å². The fourth-order valence-corrected chi connectivity index (χ4v) is 1.79. The largest absolute Gasteiger partial charge is 0.464 e. The van der Waals surface area contributed by atoms with Crippen LogP contribution in [0.1, 0.15) is 10.5 Å². The molecule has 0 aliphatic carbocycles. The number of benzene rings is 1. The summed E-state index contributed by atoms with van der Waals surface area (Å²) in [7, 11) is 1.27. The number of carbonyl (C=O) groups excluding carboxylic acids is 1. The van der Waals surface area contributed by atoms with Crippen LogP contribution < -0.4 is 0 Å². The topological polar surface area (TPSA) is 52.3 Å². The highest BCUT2D eigenvalue weighted by Gasteiger charge is 2.15. The van der Waals surface area contributed by atoms with Gasteiger partial charge in [-0.2, -0.15) is 0 Å². The van der Waals surface area contributed by atoms with Crippen molar-refractivity contribution in [3.63, 3.8) is 0 Å². The lowest BCUT2D eigenvalue weighted by molar-refractivity contribution is 0.0589. The number of ether oxygens (including phenoxy) is 1. The number of esters is 1. The second kappa shape index (κ2) is 4.77. The third kappa shape index (κ3) is 2.43. The van der Waals surface area contributed by atoms with E-state index < -0.39 is 5.97 Å². The Morgan fingerprint density at radius 1 is 1.35 bits per heavy atom. The maximum atomic E-state index is 11.2. The van der Waals surface area contributed by atoms with Crippen molar-refractivity contribution in [1.29, 1.82) is 0 Å². The van der Waals surface area contributed by atoms with Crippen LogP contribution in [0.25, 0.3) is 11.3 Å². The average molecular weight is 272 g/mol. The van der Waals surface area contributed by atoms with Gasteiger partial charge in [0.2, 0.25) is 0 Å². The highest BCUT2D eigenvalue weighted by atomic mass is 35.5. The molecule has 0 aliphatic heterocycles. The van der Waals surface area contributed by atoms with Crippen molar-refractivity contribution in [2.75, 3.05) is 7.11 Å². The van der Waals surface area contributed by atoms with E-state index in [9.17, 15) is 4.79 Å². The molecule has 2 aromatic rings. The van der Waals surface area contributed by atoms with Gasteiger partial charge in [0.05, 0.1) is 12.1 Å². The zero-order valence-corrected chi connectivity index (χ0v) is 10.2. The maximum absolute atomic E-state index is 11.2. The Labute approximate surface area is 107 Å². The fourth-order valence-electron chi connectivity index (χ4n) is 1.29.